The third kappa shape index (κ3) is 4.71. The average Bonchev–Trinajstić information content (AvgIpc) is 3.05. The van der Waals surface area contributed by atoms with E-state index in [0.29, 0.717) is 10.7 Å². The molecule has 1 heterocycles. The van der Waals surface area contributed by atoms with Crippen molar-refractivity contribution in [2.24, 2.45) is 0 Å². The van der Waals surface area contributed by atoms with Crippen molar-refractivity contribution < 1.29 is 9.59 Å². The molecule has 138 valence electrons. The number of carbonyl (C=O) groups is 2. The molecule has 0 radical (unpaired) electrons. The predicted octanol–water partition coefficient (Wildman–Crippen LogP) is 4.63. The number of rotatable bonds is 5. The fourth-order valence-corrected chi connectivity index (χ4v) is 4.43. The Morgan fingerprint density at radius 1 is 1.27 bits per heavy atom. The van der Waals surface area contributed by atoms with Gasteiger partial charge in [-0.25, -0.2) is 4.98 Å². The SMILES string of the molecule is Cc1csc(NC(=O)CN(C(=O)c2ccccc2Br)C2CCCCC2)n1. The molecule has 0 aliphatic heterocycles. The minimum atomic E-state index is -0.203. The molecule has 1 aliphatic carbocycles. The number of thiazole rings is 1. The zero-order valence-electron chi connectivity index (χ0n) is 14.7. The third-order valence-electron chi connectivity index (χ3n) is 4.56. The number of nitrogens with one attached hydrogen (secondary N) is 1. The molecule has 1 fully saturated rings. The van der Waals surface area contributed by atoms with Crippen LogP contribution in [-0.2, 0) is 4.79 Å². The van der Waals surface area contributed by atoms with E-state index in [1.807, 2.05) is 30.5 Å². The topological polar surface area (TPSA) is 62.3 Å². The Morgan fingerprint density at radius 3 is 2.65 bits per heavy atom. The van der Waals surface area contributed by atoms with Gasteiger partial charge in [0.2, 0.25) is 5.91 Å². The molecule has 5 nitrogen and oxygen atoms in total. The number of amides is 2. The summed E-state index contributed by atoms with van der Waals surface area (Å²) in [5.74, 6) is -0.305. The monoisotopic (exact) mass is 435 g/mol. The number of aryl methyl sites for hydroxylation is 1. The van der Waals surface area contributed by atoms with E-state index in [9.17, 15) is 9.59 Å². The van der Waals surface area contributed by atoms with E-state index < -0.39 is 0 Å². The van der Waals surface area contributed by atoms with Crippen LogP contribution < -0.4 is 5.32 Å². The zero-order chi connectivity index (χ0) is 18.5. The lowest BCUT2D eigenvalue weighted by Gasteiger charge is -2.34. The van der Waals surface area contributed by atoms with Crippen LogP contribution >= 0.6 is 27.3 Å². The van der Waals surface area contributed by atoms with E-state index in [1.165, 1.54) is 17.8 Å². The summed E-state index contributed by atoms with van der Waals surface area (Å²) in [4.78, 5) is 31.7. The van der Waals surface area contributed by atoms with E-state index in [2.05, 4.69) is 26.2 Å². The Labute approximate surface area is 165 Å². The summed E-state index contributed by atoms with van der Waals surface area (Å²) in [5, 5.41) is 5.28. The molecular formula is C19H22BrN3O2S. The van der Waals surface area contributed by atoms with Gasteiger partial charge in [-0.15, -0.1) is 11.3 Å². The molecular weight excluding hydrogens is 414 g/mol. The quantitative estimate of drug-likeness (QED) is 0.744. The highest BCUT2D eigenvalue weighted by atomic mass is 79.9. The second-order valence-electron chi connectivity index (χ2n) is 6.55. The Morgan fingerprint density at radius 2 is 2.00 bits per heavy atom. The van der Waals surface area contributed by atoms with Crippen LogP contribution in [0, 0.1) is 6.92 Å². The maximum Gasteiger partial charge on any atom is 0.255 e. The molecule has 1 aromatic carbocycles. The lowest BCUT2D eigenvalue weighted by Crippen LogP contribution is -2.45. The van der Waals surface area contributed by atoms with E-state index in [1.54, 1.807) is 11.0 Å². The summed E-state index contributed by atoms with van der Waals surface area (Å²) in [7, 11) is 0. The molecule has 0 atom stereocenters. The minimum Gasteiger partial charge on any atom is -0.326 e. The van der Waals surface area contributed by atoms with Gasteiger partial charge in [0.1, 0.15) is 6.54 Å². The standard InChI is InChI=1S/C19H22BrN3O2S/c1-13-12-26-19(21-13)22-17(24)11-23(14-7-3-2-4-8-14)18(25)15-9-5-6-10-16(15)20/h5-6,9-10,12,14H,2-4,7-8,11H2,1H3,(H,21,22,24). The Bertz CT molecular complexity index is 787. The van der Waals surface area contributed by atoms with Crippen LogP contribution in [0.5, 0.6) is 0 Å². The summed E-state index contributed by atoms with van der Waals surface area (Å²) in [6, 6.07) is 7.47. The van der Waals surface area contributed by atoms with Crippen LogP contribution in [0.2, 0.25) is 0 Å². The molecule has 7 heteroatoms. The second kappa shape index (κ2) is 8.77. The van der Waals surface area contributed by atoms with Gasteiger partial charge in [0.25, 0.3) is 5.91 Å². The number of halogens is 1. The molecule has 0 bridgehead atoms. The predicted molar refractivity (Wildman–Crippen MR) is 108 cm³/mol. The van der Waals surface area contributed by atoms with Crippen molar-refractivity contribution in [3.05, 3.63) is 45.4 Å². The van der Waals surface area contributed by atoms with E-state index in [0.717, 1.165) is 35.8 Å². The summed E-state index contributed by atoms with van der Waals surface area (Å²) >= 11 is 4.85. The van der Waals surface area contributed by atoms with Gasteiger partial charge in [-0.1, -0.05) is 31.4 Å². The van der Waals surface area contributed by atoms with Crippen LogP contribution in [0.3, 0.4) is 0 Å². The molecule has 2 aromatic rings. The van der Waals surface area contributed by atoms with Gasteiger partial charge in [0.15, 0.2) is 5.13 Å². The van der Waals surface area contributed by atoms with E-state index in [-0.39, 0.29) is 24.4 Å². The Kier molecular flexibility index (Phi) is 6.43. The first kappa shape index (κ1) is 19.0. The van der Waals surface area contributed by atoms with E-state index >= 15 is 0 Å². The fraction of sp³-hybridized carbons (Fsp3) is 0.421. The van der Waals surface area contributed by atoms with Crippen molar-refractivity contribution >= 4 is 44.2 Å². The van der Waals surface area contributed by atoms with Crippen molar-refractivity contribution in [1.82, 2.24) is 9.88 Å². The van der Waals surface area contributed by atoms with Gasteiger partial charge in [0.05, 0.1) is 11.3 Å². The van der Waals surface area contributed by atoms with Gasteiger partial charge < -0.3 is 10.2 Å². The average molecular weight is 436 g/mol. The highest BCUT2D eigenvalue weighted by molar-refractivity contribution is 9.10. The molecule has 1 N–H and O–H groups in total. The van der Waals surface area contributed by atoms with Gasteiger partial charge >= 0.3 is 0 Å². The Hall–Kier alpha value is -1.73. The first-order valence-electron chi connectivity index (χ1n) is 8.82. The normalized spacial score (nSPS) is 14.8. The highest BCUT2D eigenvalue weighted by Gasteiger charge is 2.29. The van der Waals surface area contributed by atoms with Crippen molar-refractivity contribution in [3.63, 3.8) is 0 Å². The molecule has 1 aliphatic rings. The van der Waals surface area contributed by atoms with Crippen molar-refractivity contribution in [2.75, 3.05) is 11.9 Å². The molecule has 2 amide bonds. The van der Waals surface area contributed by atoms with Crippen molar-refractivity contribution in [3.8, 4) is 0 Å². The Balaban J connectivity index is 1.77. The third-order valence-corrected chi connectivity index (χ3v) is 6.13. The number of nitrogens with zero attached hydrogens (tertiary/aromatic N) is 2. The lowest BCUT2D eigenvalue weighted by atomic mass is 9.93. The van der Waals surface area contributed by atoms with Crippen molar-refractivity contribution in [1.29, 1.82) is 0 Å². The first-order valence-corrected chi connectivity index (χ1v) is 10.5. The number of benzene rings is 1. The number of aromatic nitrogens is 1. The van der Waals surface area contributed by atoms with Gasteiger partial charge in [-0.3, -0.25) is 9.59 Å². The van der Waals surface area contributed by atoms with Crippen LogP contribution in [0.15, 0.2) is 34.1 Å². The van der Waals surface area contributed by atoms with Gasteiger partial charge in [-0.05, 0) is 47.8 Å². The highest BCUT2D eigenvalue weighted by Crippen LogP contribution is 2.26. The fourth-order valence-electron chi connectivity index (χ4n) is 3.27. The summed E-state index contributed by atoms with van der Waals surface area (Å²) in [6.07, 6.45) is 5.27. The van der Waals surface area contributed by atoms with Crippen LogP contribution in [0.25, 0.3) is 0 Å². The number of hydrogen-bond acceptors (Lipinski definition) is 4. The molecule has 26 heavy (non-hydrogen) atoms. The van der Waals surface area contributed by atoms with E-state index in [4.69, 9.17) is 0 Å². The summed E-state index contributed by atoms with van der Waals surface area (Å²) in [5.41, 5.74) is 1.47. The molecule has 0 spiro atoms. The smallest absolute Gasteiger partial charge is 0.255 e. The number of carbonyl (C=O) groups excluding carboxylic acids is 2. The zero-order valence-corrected chi connectivity index (χ0v) is 17.1. The van der Waals surface area contributed by atoms with Crippen LogP contribution in [0.4, 0.5) is 5.13 Å². The number of anilines is 1. The molecule has 1 aromatic heterocycles. The largest absolute Gasteiger partial charge is 0.326 e. The molecule has 1 saturated carbocycles. The second-order valence-corrected chi connectivity index (χ2v) is 8.26. The first-order chi connectivity index (χ1) is 12.5. The van der Waals surface area contributed by atoms with Gasteiger partial charge in [-0.2, -0.15) is 0 Å². The summed E-state index contributed by atoms with van der Waals surface area (Å²) in [6.45, 7) is 1.93. The molecule has 0 saturated heterocycles. The van der Waals surface area contributed by atoms with Gasteiger partial charge in [0, 0.05) is 15.9 Å². The molecule has 0 unspecified atom stereocenters. The maximum absolute atomic E-state index is 13.2. The minimum absolute atomic E-state index is 0.0451. The van der Waals surface area contributed by atoms with Crippen molar-refractivity contribution in [2.45, 2.75) is 45.1 Å². The maximum atomic E-state index is 13.2. The molecule has 3 rings (SSSR count). The van der Waals surface area contributed by atoms with Crippen LogP contribution in [0.1, 0.15) is 48.2 Å². The van der Waals surface area contributed by atoms with Crippen LogP contribution in [-0.4, -0.2) is 34.3 Å². The summed E-state index contributed by atoms with van der Waals surface area (Å²) < 4.78 is 0.752. The lowest BCUT2D eigenvalue weighted by molar-refractivity contribution is -0.117. The number of hydrogen-bond donors (Lipinski definition) is 1.